The summed E-state index contributed by atoms with van der Waals surface area (Å²) >= 11 is 0. The van der Waals surface area contributed by atoms with E-state index in [9.17, 15) is 0 Å². The third-order valence-corrected chi connectivity index (χ3v) is 3.00. The Kier molecular flexibility index (Phi) is 3.99. The molecule has 0 aliphatic rings. The third kappa shape index (κ3) is 2.71. The molecule has 0 saturated carbocycles. The van der Waals surface area contributed by atoms with Crippen LogP contribution in [-0.2, 0) is 4.74 Å². The molecule has 1 aromatic carbocycles. The molecule has 96 valence electrons. The van der Waals surface area contributed by atoms with Gasteiger partial charge in [0.1, 0.15) is 0 Å². The fourth-order valence-corrected chi connectivity index (χ4v) is 1.78. The summed E-state index contributed by atoms with van der Waals surface area (Å²) in [5, 5.41) is 3.25. The minimum Gasteiger partial charge on any atom is -0.383 e. The number of ether oxygens (including phenoxy) is 1. The molecule has 0 fully saturated rings. The van der Waals surface area contributed by atoms with Crippen LogP contribution in [0, 0.1) is 13.8 Å². The quantitative estimate of drug-likeness (QED) is 0.823. The van der Waals surface area contributed by atoms with Gasteiger partial charge in [0.15, 0.2) is 0 Å². The van der Waals surface area contributed by atoms with Crippen molar-refractivity contribution in [2.45, 2.75) is 13.8 Å². The number of methoxy groups -OCH3 is 1. The molecule has 4 heteroatoms. The lowest BCUT2D eigenvalue weighted by atomic mass is 10.1. The van der Waals surface area contributed by atoms with Gasteiger partial charge in [-0.3, -0.25) is 4.57 Å². The van der Waals surface area contributed by atoms with E-state index >= 15 is 0 Å². The molecule has 0 spiro atoms. The molecule has 0 radical (unpaired) electrons. The average molecular weight is 245 g/mol. The van der Waals surface area contributed by atoms with Crippen LogP contribution in [0.5, 0.6) is 0 Å². The van der Waals surface area contributed by atoms with E-state index in [2.05, 4.69) is 42.3 Å². The predicted molar refractivity (Wildman–Crippen MR) is 73.4 cm³/mol. The van der Waals surface area contributed by atoms with Crippen LogP contribution in [-0.4, -0.2) is 29.8 Å². The smallest absolute Gasteiger partial charge is 0.207 e. The average Bonchev–Trinajstić information content (AvgIpc) is 2.81. The van der Waals surface area contributed by atoms with Gasteiger partial charge in [0.05, 0.1) is 6.61 Å². The Hall–Kier alpha value is -1.81. The van der Waals surface area contributed by atoms with Gasteiger partial charge in [-0.1, -0.05) is 6.07 Å². The zero-order valence-electron chi connectivity index (χ0n) is 11.1. The fourth-order valence-electron chi connectivity index (χ4n) is 1.78. The highest BCUT2D eigenvalue weighted by Gasteiger charge is 2.05. The van der Waals surface area contributed by atoms with Crippen molar-refractivity contribution >= 4 is 5.95 Å². The normalized spacial score (nSPS) is 10.6. The Morgan fingerprint density at radius 3 is 2.83 bits per heavy atom. The molecular weight excluding hydrogens is 226 g/mol. The minimum atomic E-state index is 0.666. The van der Waals surface area contributed by atoms with Gasteiger partial charge >= 0.3 is 0 Å². The standard InChI is InChI=1S/C14H19N3O/c1-11-4-5-13(10-12(11)2)17-8-6-15-14(17)16-7-9-18-3/h4-6,8,10H,7,9H2,1-3H3,(H,15,16). The Morgan fingerprint density at radius 1 is 1.28 bits per heavy atom. The fraction of sp³-hybridized carbons (Fsp3) is 0.357. The topological polar surface area (TPSA) is 39.1 Å². The van der Waals surface area contributed by atoms with E-state index in [1.807, 2.05) is 10.8 Å². The molecule has 0 amide bonds. The summed E-state index contributed by atoms with van der Waals surface area (Å²) in [5.41, 5.74) is 3.70. The van der Waals surface area contributed by atoms with E-state index < -0.39 is 0 Å². The summed E-state index contributed by atoms with van der Waals surface area (Å²) in [5.74, 6) is 0.843. The van der Waals surface area contributed by atoms with E-state index in [1.54, 1.807) is 13.3 Å². The Labute approximate surface area is 108 Å². The molecule has 4 nitrogen and oxygen atoms in total. The Bertz CT molecular complexity index is 520. The highest BCUT2D eigenvalue weighted by molar-refractivity contribution is 5.45. The monoisotopic (exact) mass is 245 g/mol. The summed E-state index contributed by atoms with van der Waals surface area (Å²) in [7, 11) is 1.69. The maximum absolute atomic E-state index is 5.02. The molecule has 0 aliphatic carbocycles. The van der Waals surface area contributed by atoms with Gasteiger partial charge in [-0.25, -0.2) is 4.98 Å². The van der Waals surface area contributed by atoms with E-state index in [0.29, 0.717) is 6.61 Å². The lowest BCUT2D eigenvalue weighted by molar-refractivity contribution is 0.210. The van der Waals surface area contributed by atoms with Crippen LogP contribution >= 0.6 is 0 Å². The molecule has 0 unspecified atom stereocenters. The highest BCUT2D eigenvalue weighted by Crippen LogP contribution is 2.17. The van der Waals surface area contributed by atoms with Crippen molar-refractivity contribution in [3.05, 3.63) is 41.7 Å². The third-order valence-electron chi connectivity index (χ3n) is 3.00. The van der Waals surface area contributed by atoms with E-state index in [0.717, 1.165) is 18.2 Å². The summed E-state index contributed by atoms with van der Waals surface area (Å²) in [6, 6.07) is 6.40. The van der Waals surface area contributed by atoms with Crippen LogP contribution in [0.4, 0.5) is 5.95 Å². The number of imidazole rings is 1. The number of hydrogen-bond acceptors (Lipinski definition) is 3. The first-order valence-corrected chi connectivity index (χ1v) is 6.06. The van der Waals surface area contributed by atoms with E-state index in [1.165, 1.54) is 11.1 Å². The molecule has 0 bridgehead atoms. The van der Waals surface area contributed by atoms with Crippen molar-refractivity contribution in [3.63, 3.8) is 0 Å². The van der Waals surface area contributed by atoms with Crippen molar-refractivity contribution in [2.75, 3.05) is 25.6 Å². The maximum Gasteiger partial charge on any atom is 0.207 e. The van der Waals surface area contributed by atoms with Gasteiger partial charge in [-0.05, 0) is 37.1 Å². The molecule has 1 heterocycles. The van der Waals surface area contributed by atoms with Crippen LogP contribution in [0.2, 0.25) is 0 Å². The van der Waals surface area contributed by atoms with Gasteiger partial charge in [-0.2, -0.15) is 0 Å². The van der Waals surface area contributed by atoms with Gasteiger partial charge in [0, 0.05) is 31.7 Å². The minimum absolute atomic E-state index is 0.666. The van der Waals surface area contributed by atoms with Crippen molar-refractivity contribution in [3.8, 4) is 5.69 Å². The Morgan fingerprint density at radius 2 is 2.11 bits per heavy atom. The summed E-state index contributed by atoms with van der Waals surface area (Å²) in [4.78, 5) is 4.31. The Balaban J connectivity index is 2.22. The second-order valence-corrected chi connectivity index (χ2v) is 4.31. The van der Waals surface area contributed by atoms with Crippen LogP contribution in [0.1, 0.15) is 11.1 Å². The SMILES string of the molecule is COCCNc1nccn1-c1ccc(C)c(C)c1. The summed E-state index contributed by atoms with van der Waals surface area (Å²) in [6.07, 6.45) is 3.75. The molecule has 0 aliphatic heterocycles. The molecule has 2 aromatic rings. The van der Waals surface area contributed by atoms with Gasteiger partial charge in [0.2, 0.25) is 5.95 Å². The lowest BCUT2D eigenvalue weighted by Crippen LogP contribution is -2.11. The predicted octanol–water partition coefficient (Wildman–Crippen LogP) is 2.55. The summed E-state index contributed by atoms with van der Waals surface area (Å²) in [6.45, 7) is 5.65. The number of aromatic nitrogens is 2. The molecule has 1 aromatic heterocycles. The van der Waals surface area contributed by atoms with E-state index in [4.69, 9.17) is 4.74 Å². The van der Waals surface area contributed by atoms with Crippen LogP contribution in [0.15, 0.2) is 30.6 Å². The molecule has 2 rings (SSSR count). The number of nitrogens with zero attached hydrogens (tertiary/aromatic N) is 2. The summed E-state index contributed by atoms with van der Waals surface area (Å²) < 4.78 is 7.06. The van der Waals surface area contributed by atoms with Crippen LogP contribution in [0.3, 0.4) is 0 Å². The molecule has 0 atom stereocenters. The zero-order chi connectivity index (χ0) is 13.0. The largest absolute Gasteiger partial charge is 0.383 e. The number of nitrogens with one attached hydrogen (secondary N) is 1. The molecule has 0 saturated heterocycles. The first-order valence-electron chi connectivity index (χ1n) is 6.06. The van der Waals surface area contributed by atoms with Crippen molar-refractivity contribution in [1.29, 1.82) is 0 Å². The molecule has 18 heavy (non-hydrogen) atoms. The van der Waals surface area contributed by atoms with Crippen molar-refractivity contribution < 1.29 is 4.74 Å². The number of benzene rings is 1. The van der Waals surface area contributed by atoms with Gasteiger partial charge < -0.3 is 10.1 Å². The number of aryl methyl sites for hydroxylation is 2. The van der Waals surface area contributed by atoms with Crippen LogP contribution in [0.25, 0.3) is 5.69 Å². The van der Waals surface area contributed by atoms with E-state index in [-0.39, 0.29) is 0 Å². The molecular formula is C14H19N3O. The van der Waals surface area contributed by atoms with Crippen molar-refractivity contribution in [2.24, 2.45) is 0 Å². The maximum atomic E-state index is 5.02. The number of hydrogen-bond donors (Lipinski definition) is 1. The number of anilines is 1. The second kappa shape index (κ2) is 5.69. The van der Waals surface area contributed by atoms with Gasteiger partial charge in [0.25, 0.3) is 0 Å². The number of rotatable bonds is 5. The first kappa shape index (κ1) is 12.6. The van der Waals surface area contributed by atoms with Crippen LogP contribution < -0.4 is 5.32 Å². The van der Waals surface area contributed by atoms with Crippen molar-refractivity contribution in [1.82, 2.24) is 9.55 Å². The first-order chi connectivity index (χ1) is 8.72. The second-order valence-electron chi connectivity index (χ2n) is 4.31. The zero-order valence-corrected chi connectivity index (χ0v) is 11.1. The highest BCUT2D eigenvalue weighted by atomic mass is 16.5. The lowest BCUT2D eigenvalue weighted by Gasteiger charge is -2.11. The molecule has 1 N–H and O–H groups in total. The van der Waals surface area contributed by atoms with Gasteiger partial charge in [-0.15, -0.1) is 0 Å².